The minimum absolute atomic E-state index is 0. The van der Waals surface area contributed by atoms with Crippen LogP contribution in [0.3, 0.4) is 0 Å². The molecule has 0 bridgehead atoms. The molecule has 0 heterocycles. The summed E-state index contributed by atoms with van der Waals surface area (Å²) < 4.78 is 0. The molecule has 0 unspecified atom stereocenters. The normalized spacial score (nSPS) is 6.00. The fraction of sp³-hybridized carbons (Fsp3) is 0.500. The fourth-order valence-electron chi connectivity index (χ4n) is 0.385. The summed E-state index contributed by atoms with van der Waals surface area (Å²) >= 11 is 0. The molecule has 0 radical (unpaired) electrons. The van der Waals surface area contributed by atoms with E-state index in [1.54, 1.807) is 0 Å². The Bertz CT molecular complexity index is 82.9. The predicted octanol–water partition coefficient (Wildman–Crippen LogP) is 4.77. The van der Waals surface area contributed by atoms with E-state index >= 15 is 0 Å². The van der Waals surface area contributed by atoms with Crippen molar-refractivity contribution in [3.63, 3.8) is 0 Å². The number of hydrogen-bond acceptors (Lipinski definition) is 0. The standard InChI is InChI=1S/C6H6.C3H8.C2H6.CH4/c1-2-4-6-5-3-1;1-3-2;1-2;/h1-6H;3H2,1-2H3;1-2H3;1H4. The number of hydrogen-bond donors (Lipinski definition) is 0. The van der Waals surface area contributed by atoms with Gasteiger partial charge in [0.15, 0.2) is 0 Å². The van der Waals surface area contributed by atoms with Crippen molar-refractivity contribution in [1.82, 2.24) is 0 Å². The molecule has 1 aromatic rings. The van der Waals surface area contributed by atoms with Crippen molar-refractivity contribution < 1.29 is 0 Å². The Morgan fingerprint density at radius 2 is 0.750 bits per heavy atom. The molecule has 0 spiro atoms. The molecule has 0 saturated heterocycles. The average Bonchev–Trinajstić information content (AvgIpc) is 2.12. The molecule has 0 heteroatoms. The first-order valence-electron chi connectivity index (χ1n) is 4.41. The third-order valence-electron chi connectivity index (χ3n) is 0.667. The lowest BCUT2D eigenvalue weighted by molar-refractivity contribution is 1.09. The average molecular weight is 168 g/mol. The lowest BCUT2D eigenvalue weighted by Crippen LogP contribution is -1.47. The van der Waals surface area contributed by atoms with Crippen molar-refractivity contribution >= 4 is 0 Å². The molecule has 0 amide bonds. The Balaban J connectivity index is -0.000000119. The maximum absolute atomic E-state index is 2.12. The second-order valence-corrected chi connectivity index (χ2v) is 1.86. The molecule has 12 heavy (non-hydrogen) atoms. The van der Waals surface area contributed by atoms with E-state index in [0.29, 0.717) is 0 Å². The summed E-state index contributed by atoms with van der Waals surface area (Å²) in [5.41, 5.74) is 0. The zero-order valence-corrected chi connectivity index (χ0v) is 8.17. The third-order valence-corrected chi connectivity index (χ3v) is 0.667. The van der Waals surface area contributed by atoms with E-state index in [4.69, 9.17) is 0 Å². The minimum atomic E-state index is 0. The molecule has 0 aliphatic rings. The molecule has 0 nitrogen and oxygen atoms in total. The first-order valence-corrected chi connectivity index (χ1v) is 4.41. The van der Waals surface area contributed by atoms with Crippen LogP contribution in [0.25, 0.3) is 0 Å². The lowest BCUT2D eigenvalue weighted by atomic mass is 10.4. The van der Waals surface area contributed by atoms with E-state index in [2.05, 4.69) is 13.8 Å². The monoisotopic (exact) mass is 168 g/mol. The SMILES string of the molecule is C.CC.CCC.c1ccccc1. The third kappa shape index (κ3) is 22.9. The van der Waals surface area contributed by atoms with E-state index in [0.717, 1.165) is 0 Å². The van der Waals surface area contributed by atoms with Crippen LogP contribution in [0, 0.1) is 0 Å². The van der Waals surface area contributed by atoms with Gasteiger partial charge in [0.1, 0.15) is 0 Å². The van der Waals surface area contributed by atoms with E-state index in [1.807, 2.05) is 50.2 Å². The highest BCUT2D eigenvalue weighted by molar-refractivity contribution is 4.99. The van der Waals surface area contributed by atoms with Crippen molar-refractivity contribution in [2.75, 3.05) is 0 Å². The molecule has 72 valence electrons. The minimum Gasteiger partial charge on any atom is -0.0776 e. The second kappa shape index (κ2) is 22.5. The molecule has 0 aliphatic carbocycles. The van der Waals surface area contributed by atoms with E-state index in [-0.39, 0.29) is 7.43 Å². The van der Waals surface area contributed by atoms with Crippen LogP contribution in [0.15, 0.2) is 36.4 Å². The van der Waals surface area contributed by atoms with Crippen molar-refractivity contribution in [2.45, 2.75) is 41.5 Å². The first-order chi connectivity index (χ1) is 5.41. The van der Waals surface area contributed by atoms with Crippen LogP contribution in [-0.4, -0.2) is 0 Å². The Morgan fingerprint density at radius 3 is 0.833 bits per heavy atom. The summed E-state index contributed by atoms with van der Waals surface area (Å²) in [7, 11) is 0. The Labute approximate surface area is 78.6 Å². The van der Waals surface area contributed by atoms with Gasteiger partial charge < -0.3 is 0 Å². The van der Waals surface area contributed by atoms with Crippen LogP contribution < -0.4 is 0 Å². The van der Waals surface area contributed by atoms with E-state index < -0.39 is 0 Å². The Morgan fingerprint density at radius 1 is 0.667 bits per heavy atom. The fourth-order valence-corrected chi connectivity index (χ4v) is 0.385. The van der Waals surface area contributed by atoms with Gasteiger partial charge in [-0.15, -0.1) is 0 Å². The zero-order chi connectivity index (χ0) is 8.95. The van der Waals surface area contributed by atoms with E-state index in [1.165, 1.54) is 6.42 Å². The lowest BCUT2D eigenvalue weighted by Gasteiger charge is -1.69. The summed E-state index contributed by atoms with van der Waals surface area (Å²) in [6.07, 6.45) is 1.25. The van der Waals surface area contributed by atoms with Crippen LogP contribution in [-0.2, 0) is 0 Å². The highest BCUT2D eigenvalue weighted by atomic mass is 13.6. The molecule has 0 N–H and O–H groups in total. The van der Waals surface area contributed by atoms with Crippen LogP contribution in [0.4, 0.5) is 0 Å². The highest BCUT2D eigenvalue weighted by Gasteiger charge is 1.57. The zero-order valence-electron chi connectivity index (χ0n) is 8.17. The van der Waals surface area contributed by atoms with Gasteiger partial charge in [0, 0.05) is 0 Å². The van der Waals surface area contributed by atoms with Gasteiger partial charge in [-0.3, -0.25) is 0 Å². The van der Waals surface area contributed by atoms with Crippen LogP contribution in [0.2, 0.25) is 0 Å². The Hall–Kier alpha value is -0.780. The molecule has 1 rings (SSSR count). The summed E-state index contributed by atoms with van der Waals surface area (Å²) in [6.45, 7) is 8.25. The second-order valence-electron chi connectivity index (χ2n) is 1.86. The van der Waals surface area contributed by atoms with Gasteiger partial charge in [0.05, 0.1) is 0 Å². The van der Waals surface area contributed by atoms with Crippen molar-refractivity contribution in [3.8, 4) is 0 Å². The largest absolute Gasteiger partial charge is 0.0776 e. The molecule has 0 saturated carbocycles. The number of benzene rings is 1. The molecule has 0 aliphatic heterocycles. The van der Waals surface area contributed by atoms with Gasteiger partial charge in [0.25, 0.3) is 0 Å². The molecule has 0 atom stereocenters. The van der Waals surface area contributed by atoms with Crippen LogP contribution in [0.5, 0.6) is 0 Å². The maximum Gasteiger partial charge on any atom is -0.0590 e. The topological polar surface area (TPSA) is 0 Å². The van der Waals surface area contributed by atoms with Gasteiger partial charge >= 0.3 is 0 Å². The molecular weight excluding hydrogens is 144 g/mol. The van der Waals surface area contributed by atoms with Gasteiger partial charge in [-0.1, -0.05) is 77.9 Å². The molecule has 0 aromatic heterocycles. The highest BCUT2D eigenvalue weighted by Crippen LogP contribution is 1.79. The van der Waals surface area contributed by atoms with E-state index in [9.17, 15) is 0 Å². The first kappa shape index (κ1) is 17.3. The molecular formula is C12H24. The van der Waals surface area contributed by atoms with Gasteiger partial charge in [-0.25, -0.2) is 0 Å². The Kier molecular flexibility index (Phi) is 32.5. The van der Waals surface area contributed by atoms with Crippen LogP contribution >= 0.6 is 0 Å². The quantitative estimate of drug-likeness (QED) is 0.523. The summed E-state index contributed by atoms with van der Waals surface area (Å²) in [4.78, 5) is 0. The van der Waals surface area contributed by atoms with Crippen molar-refractivity contribution in [1.29, 1.82) is 0 Å². The number of rotatable bonds is 0. The summed E-state index contributed by atoms with van der Waals surface area (Å²) in [6, 6.07) is 12.0. The van der Waals surface area contributed by atoms with Crippen molar-refractivity contribution in [2.24, 2.45) is 0 Å². The van der Waals surface area contributed by atoms with Gasteiger partial charge in [-0.05, 0) is 0 Å². The molecule has 0 fully saturated rings. The smallest absolute Gasteiger partial charge is 0.0590 e. The molecule has 1 aromatic carbocycles. The predicted molar refractivity (Wildman–Crippen MR) is 60.5 cm³/mol. The van der Waals surface area contributed by atoms with Crippen molar-refractivity contribution in [3.05, 3.63) is 36.4 Å². The summed E-state index contributed by atoms with van der Waals surface area (Å²) in [5.74, 6) is 0. The van der Waals surface area contributed by atoms with Gasteiger partial charge in [0.2, 0.25) is 0 Å². The summed E-state index contributed by atoms with van der Waals surface area (Å²) in [5, 5.41) is 0. The van der Waals surface area contributed by atoms with Gasteiger partial charge in [-0.2, -0.15) is 0 Å². The maximum atomic E-state index is 2.12. The van der Waals surface area contributed by atoms with Crippen LogP contribution in [0.1, 0.15) is 41.5 Å².